The highest BCUT2D eigenvalue weighted by Crippen LogP contribution is 2.23. The Bertz CT molecular complexity index is 1280. The zero-order valence-corrected chi connectivity index (χ0v) is 19.8. The highest BCUT2D eigenvalue weighted by atomic mass is 35.5. The van der Waals surface area contributed by atoms with Gasteiger partial charge in [0.2, 0.25) is 5.82 Å². The number of carbonyl (C=O) groups excluding carboxylic acids is 1. The first-order valence-corrected chi connectivity index (χ1v) is 11.6. The summed E-state index contributed by atoms with van der Waals surface area (Å²) >= 11 is 12.3. The van der Waals surface area contributed by atoms with E-state index in [1.807, 2.05) is 47.4 Å². The summed E-state index contributed by atoms with van der Waals surface area (Å²) in [7, 11) is 0. The fourth-order valence-electron chi connectivity index (χ4n) is 3.85. The Morgan fingerprint density at radius 3 is 2.50 bits per heavy atom. The van der Waals surface area contributed by atoms with E-state index in [0.717, 1.165) is 30.8 Å². The van der Waals surface area contributed by atoms with E-state index in [0.29, 0.717) is 34.7 Å². The molecule has 0 bridgehead atoms. The molecular formula is C23H22Cl2N8O. The Kier molecular flexibility index (Phi) is 6.57. The van der Waals surface area contributed by atoms with E-state index in [4.69, 9.17) is 23.2 Å². The van der Waals surface area contributed by atoms with Crippen molar-refractivity contribution in [1.82, 2.24) is 39.8 Å². The molecule has 34 heavy (non-hydrogen) atoms. The molecular weight excluding hydrogens is 475 g/mol. The molecule has 1 aliphatic heterocycles. The van der Waals surface area contributed by atoms with E-state index >= 15 is 0 Å². The summed E-state index contributed by atoms with van der Waals surface area (Å²) < 4.78 is 1.63. The van der Waals surface area contributed by atoms with Gasteiger partial charge in [-0.15, -0.1) is 15.0 Å². The van der Waals surface area contributed by atoms with Crippen molar-refractivity contribution in [2.45, 2.75) is 13.2 Å². The minimum atomic E-state index is -0.0838. The Labute approximate surface area is 206 Å². The SMILES string of the molecule is O=C(c1ccn(Cn2nnc(-c3ccccc3)n2)n1)N1CCN(Cc2ccc(Cl)cc2Cl)CC1. The molecule has 0 radical (unpaired) electrons. The van der Waals surface area contributed by atoms with Crippen LogP contribution in [0, 0.1) is 0 Å². The second-order valence-corrected chi connectivity index (χ2v) is 8.88. The lowest BCUT2D eigenvalue weighted by molar-refractivity contribution is 0.0621. The predicted octanol–water partition coefficient (Wildman–Crippen LogP) is 3.31. The number of halogens is 2. The van der Waals surface area contributed by atoms with Gasteiger partial charge in [0.15, 0.2) is 6.67 Å². The molecule has 2 aromatic heterocycles. The fourth-order valence-corrected chi connectivity index (χ4v) is 4.32. The standard InChI is InChI=1S/C23H22Cl2N8O/c24-19-7-6-18(20(25)14-19)15-30-10-12-31(13-11-30)23(34)21-8-9-32(27-21)16-33-28-22(26-29-33)17-4-2-1-3-5-17/h1-9,14H,10-13,15-16H2. The van der Waals surface area contributed by atoms with Crippen LogP contribution in [0.15, 0.2) is 60.8 Å². The number of rotatable bonds is 6. The number of piperazine rings is 1. The lowest BCUT2D eigenvalue weighted by Gasteiger charge is -2.34. The average Bonchev–Trinajstić information content (AvgIpc) is 3.52. The highest BCUT2D eigenvalue weighted by Gasteiger charge is 2.24. The van der Waals surface area contributed by atoms with Crippen LogP contribution in [0.5, 0.6) is 0 Å². The van der Waals surface area contributed by atoms with E-state index in [-0.39, 0.29) is 12.6 Å². The lowest BCUT2D eigenvalue weighted by Crippen LogP contribution is -2.48. The molecule has 4 aromatic rings. The molecule has 1 fully saturated rings. The molecule has 11 heteroatoms. The van der Waals surface area contributed by atoms with Crippen LogP contribution >= 0.6 is 23.2 Å². The van der Waals surface area contributed by atoms with Crippen molar-refractivity contribution in [2.24, 2.45) is 0 Å². The first-order valence-electron chi connectivity index (χ1n) is 10.9. The van der Waals surface area contributed by atoms with Gasteiger partial charge in [-0.25, -0.2) is 4.68 Å². The summed E-state index contributed by atoms with van der Waals surface area (Å²) in [6, 6.07) is 16.9. The van der Waals surface area contributed by atoms with Gasteiger partial charge in [0, 0.05) is 54.5 Å². The van der Waals surface area contributed by atoms with Crippen molar-refractivity contribution < 1.29 is 4.79 Å². The lowest BCUT2D eigenvalue weighted by atomic mass is 10.2. The van der Waals surface area contributed by atoms with Gasteiger partial charge in [0.05, 0.1) is 0 Å². The van der Waals surface area contributed by atoms with Crippen LogP contribution in [0.3, 0.4) is 0 Å². The minimum Gasteiger partial charge on any atom is -0.335 e. The number of aromatic nitrogens is 6. The number of tetrazole rings is 1. The summed E-state index contributed by atoms with van der Waals surface area (Å²) in [6.45, 7) is 3.77. The van der Waals surface area contributed by atoms with Crippen LogP contribution in [-0.2, 0) is 13.2 Å². The number of benzene rings is 2. The third-order valence-electron chi connectivity index (χ3n) is 5.68. The minimum absolute atomic E-state index is 0.0838. The molecule has 3 heterocycles. The van der Waals surface area contributed by atoms with Gasteiger partial charge in [-0.2, -0.15) is 5.10 Å². The monoisotopic (exact) mass is 496 g/mol. The Balaban J connectivity index is 1.16. The maximum Gasteiger partial charge on any atom is 0.274 e. The number of hydrogen-bond donors (Lipinski definition) is 0. The first-order chi connectivity index (χ1) is 16.5. The molecule has 0 aliphatic carbocycles. The fraction of sp³-hybridized carbons (Fsp3) is 0.261. The molecule has 0 N–H and O–H groups in total. The molecule has 5 rings (SSSR count). The summed E-state index contributed by atoms with van der Waals surface area (Å²) in [5, 5.41) is 18.3. The van der Waals surface area contributed by atoms with E-state index in [9.17, 15) is 4.79 Å². The highest BCUT2D eigenvalue weighted by molar-refractivity contribution is 6.35. The van der Waals surface area contributed by atoms with Gasteiger partial charge in [-0.3, -0.25) is 9.69 Å². The van der Waals surface area contributed by atoms with Crippen molar-refractivity contribution in [3.05, 3.63) is 82.1 Å². The van der Waals surface area contributed by atoms with Crippen molar-refractivity contribution in [3.8, 4) is 11.4 Å². The Hall–Kier alpha value is -3.27. The summed E-state index contributed by atoms with van der Waals surface area (Å²) in [5.41, 5.74) is 2.32. The summed E-state index contributed by atoms with van der Waals surface area (Å²) in [6.07, 6.45) is 1.75. The van der Waals surface area contributed by atoms with Gasteiger partial charge in [-0.05, 0) is 29.0 Å². The molecule has 1 aliphatic rings. The predicted molar refractivity (Wildman–Crippen MR) is 129 cm³/mol. The van der Waals surface area contributed by atoms with Crippen molar-refractivity contribution in [2.75, 3.05) is 26.2 Å². The van der Waals surface area contributed by atoms with Gasteiger partial charge >= 0.3 is 0 Å². The molecule has 0 spiro atoms. The third-order valence-corrected chi connectivity index (χ3v) is 6.27. The average molecular weight is 497 g/mol. The Morgan fingerprint density at radius 2 is 1.74 bits per heavy atom. The maximum atomic E-state index is 13.0. The van der Waals surface area contributed by atoms with Crippen LogP contribution in [0.2, 0.25) is 10.0 Å². The molecule has 9 nitrogen and oxygen atoms in total. The van der Waals surface area contributed by atoms with Crippen molar-refractivity contribution in [3.63, 3.8) is 0 Å². The van der Waals surface area contributed by atoms with Crippen LogP contribution in [0.25, 0.3) is 11.4 Å². The van der Waals surface area contributed by atoms with E-state index < -0.39 is 0 Å². The quantitative estimate of drug-likeness (QED) is 0.407. The second kappa shape index (κ2) is 9.92. The van der Waals surface area contributed by atoms with Crippen LogP contribution in [-0.4, -0.2) is 71.9 Å². The molecule has 1 amide bonds. The van der Waals surface area contributed by atoms with Gasteiger partial charge in [-0.1, -0.05) is 59.6 Å². The maximum absolute atomic E-state index is 13.0. The number of carbonyl (C=O) groups is 1. The second-order valence-electron chi connectivity index (χ2n) is 8.04. The van der Waals surface area contributed by atoms with Crippen LogP contribution in [0.4, 0.5) is 0 Å². The smallest absolute Gasteiger partial charge is 0.274 e. The summed E-state index contributed by atoms with van der Waals surface area (Å²) in [5.74, 6) is 0.460. The van der Waals surface area contributed by atoms with E-state index in [2.05, 4.69) is 25.4 Å². The van der Waals surface area contributed by atoms with Crippen molar-refractivity contribution >= 4 is 29.1 Å². The zero-order chi connectivity index (χ0) is 23.5. The molecule has 1 saturated heterocycles. The third kappa shape index (κ3) is 5.11. The first kappa shape index (κ1) is 22.5. The van der Waals surface area contributed by atoms with Crippen LogP contribution in [0.1, 0.15) is 16.1 Å². The summed E-state index contributed by atoms with van der Waals surface area (Å²) in [4.78, 5) is 18.5. The van der Waals surface area contributed by atoms with E-state index in [1.165, 1.54) is 4.80 Å². The molecule has 0 unspecified atom stereocenters. The molecule has 0 atom stereocenters. The van der Waals surface area contributed by atoms with Gasteiger partial charge in [0.1, 0.15) is 5.69 Å². The van der Waals surface area contributed by atoms with Crippen LogP contribution < -0.4 is 0 Å². The van der Waals surface area contributed by atoms with E-state index in [1.54, 1.807) is 23.0 Å². The Morgan fingerprint density at radius 1 is 0.941 bits per heavy atom. The topological polar surface area (TPSA) is 85.0 Å². The number of amides is 1. The zero-order valence-electron chi connectivity index (χ0n) is 18.3. The number of hydrogen-bond acceptors (Lipinski definition) is 6. The van der Waals surface area contributed by atoms with Crippen molar-refractivity contribution in [1.29, 1.82) is 0 Å². The molecule has 0 saturated carbocycles. The normalized spacial score (nSPS) is 14.5. The van der Waals surface area contributed by atoms with Gasteiger partial charge < -0.3 is 4.90 Å². The van der Waals surface area contributed by atoms with Gasteiger partial charge in [0.25, 0.3) is 5.91 Å². The molecule has 2 aromatic carbocycles. The largest absolute Gasteiger partial charge is 0.335 e. The molecule has 174 valence electrons. The number of nitrogens with zero attached hydrogens (tertiary/aromatic N) is 8.